The monoisotopic (exact) mass is 342 g/mol. The molecule has 0 atom stereocenters. The Bertz CT molecular complexity index is 908. The first-order chi connectivity index (χ1) is 10.1. The van der Waals surface area contributed by atoms with Crippen molar-refractivity contribution in [1.82, 2.24) is 4.98 Å². The molecule has 3 aromatic rings. The molecule has 0 amide bonds. The first-order valence-corrected chi connectivity index (χ1v) is 6.91. The molecule has 0 aliphatic rings. The third-order valence-electron chi connectivity index (χ3n) is 3.25. The van der Waals surface area contributed by atoms with Gasteiger partial charge in [0.2, 0.25) is 0 Å². The van der Waals surface area contributed by atoms with Crippen molar-refractivity contribution < 1.29 is 9.18 Å². The number of nitriles is 1. The van der Waals surface area contributed by atoms with E-state index in [0.29, 0.717) is 26.5 Å². The Balaban J connectivity index is 2.21. The fourth-order valence-electron chi connectivity index (χ4n) is 2.28. The fraction of sp³-hybridized carbons (Fsp3) is 0. The lowest BCUT2D eigenvalue weighted by molar-refractivity contribution is 0.103. The predicted octanol–water partition coefficient (Wildman–Crippen LogP) is 4.17. The van der Waals surface area contributed by atoms with Gasteiger partial charge in [-0.3, -0.25) is 4.79 Å². The number of aromatic nitrogens is 1. The van der Waals surface area contributed by atoms with E-state index in [2.05, 4.69) is 27.0 Å². The summed E-state index contributed by atoms with van der Waals surface area (Å²) >= 11 is 3.16. The number of hydrogen-bond donors (Lipinski definition) is 1. The zero-order valence-electron chi connectivity index (χ0n) is 10.7. The summed E-state index contributed by atoms with van der Waals surface area (Å²) in [5.74, 6) is -1.05. The Morgan fingerprint density at radius 3 is 2.76 bits per heavy atom. The number of benzene rings is 2. The molecule has 0 bridgehead atoms. The quantitative estimate of drug-likeness (QED) is 0.710. The molecular formula is C16H8BrFN2O. The highest BCUT2D eigenvalue weighted by molar-refractivity contribution is 9.10. The second-order valence-electron chi connectivity index (χ2n) is 4.50. The van der Waals surface area contributed by atoms with Crippen LogP contribution in [-0.4, -0.2) is 10.8 Å². The smallest absolute Gasteiger partial charge is 0.198 e. The van der Waals surface area contributed by atoms with Gasteiger partial charge < -0.3 is 4.98 Å². The second kappa shape index (κ2) is 5.15. The summed E-state index contributed by atoms with van der Waals surface area (Å²) in [6, 6.07) is 11.5. The number of carbonyl (C=O) groups is 1. The molecule has 0 aliphatic heterocycles. The summed E-state index contributed by atoms with van der Waals surface area (Å²) in [4.78, 5) is 15.5. The largest absolute Gasteiger partial charge is 0.360 e. The maximum Gasteiger partial charge on any atom is 0.198 e. The van der Waals surface area contributed by atoms with Crippen LogP contribution in [0.3, 0.4) is 0 Å². The second-order valence-corrected chi connectivity index (χ2v) is 5.41. The first-order valence-electron chi connectivity index (χ1n) is 6.12. The molecular weight excluding hydrogens is 335 g/mol. The van der Waals surface area contributed by atoms with Crippen molar-refractivity contribution in [2.45, 2.75) is 0 Å². The first kappa shape index (κ1) is 13.5. The molecule has 0 fully saturated rings. The minimum atomic E-state index is -0.599. The zero-order chi connectivity index (χ0) is 15.0. The van der Waals surface area contributed by atoms with Crippen LogP contribution in [0, 0.1) is 17.1 Å². The minimum Gasteiger partial charge on any atom is -0.360 e. The molecule has 0 aliphatic carbocycles. The van der Waals surface area contributed by atoms with Crippen LogP contribution in [0.4, 0.5) is 4.39 Å². The van der Waals surface area contributed by atoms with E-state index in [1.54, 1.807) is 24.3 Å². The average Bonchev–Trinajstić information content (AvgIpc) is 2.90. The van der Waals surface area contributed by atoms with Crippen LogP contribution in [0.15, 0.2) is 47.1 Å². The molecule has 1 aromatic heterocycles. The van der Waals surface area contributed by atoms with Gasteiger partial charge in [-0.15, -0.1) is 0 Å². The molecule has 102 valence electrons. The van der Waals surface area contributed by atoms with E-state index < -0.39 is 11.6 Å². The molecule has 3 nitrogen and oxygen atoms in total. The highest BCUT2D eigenvalue weighted by atomic mass is 79.9. The van der Waals surface area contributed by atoms with Crippen molar-refractivity contribution in [3.63, 3.8) is 0 Å². The Morgan fingerprint density at radius 1 is 1.24 bits per heavy atom. The third kappa shape index (κ3) is 2.24. The van der Waals surface area contributed by atoms with E-state index in [-0.39, 0.29) is 5.56 Å². The van der Waals surface area contributed by atoms with Crippen molar-refractivity contribution in [1.29, 1.82) is 5.26 Å². The topological polar surface area (TPSA) is 56.6 Å². The van der Waals surface area contributed by atoms with Crippen LogP contribution >= 0.6 is 15.9 Å². The zero-order valence-corrected chi connectivity index (χ0v) is 12.2. The molecule has 0 saturated carbocycles. The molecule has 2 aromatic carbocycles. The Hall–Kier alpha value is -2.45. The number of carbonyl (C=O) groups excluding carboxylic acids is 1. The van der Waals surface area contributed by atoms with Crippen molar-refractivity contribution in [3.8, 4) is 6.07 Å². The van der Waals surface area contributed by atoms with Gasteiger partial charge in [0.1, 0.15) is 5.82 Å². The molecule has 21 heavy (non-hydrogen) atoms. The molecule has 1 heterocycles. The molecule has 0 spiro atoms. The number of hydrogen-bond acceptors (Lipinski definition) is 2. The Labute approximate surface area is 128 Å². The maximum absolute atomic E-state index is 13.9. The number of nitrogens with one attached hydrogen (secondary N) is 1. The lowest BCUT2D eigenvalue weighted by Crippen LogP contribution is -2.04. The summed E-state index contributed by atoms with van der Waals surface area (Å²) in [5, 5.41) is 9.69. The molecule has 0 unspecified atom stereocenters. The molecule has 0 saturated heterocycles. The van der Waals surface area contributed by atoms with Gasteiger partial charge in [-0.1, -0.05) is 22.0 Å². The van der Waals surface area contributed by atoms with Crippen molar-refractivity contribution in [2.75, 3.05) is 0 Å². The Morgan fingerprint density at radius 2 is 2.05 bits per heavy atom. The number of aromatic amines is 1. The van der Waals surface area contributed by atoms with Crippen LogP contribution in [0.5, 0.6) is 0 Å². The highest BCUT2D eigenvalue weighted by Crippen LogP contribution is 2.26. The van der Waals surface area contributed by atoms with E-state index in [0.717, 1.165) is 0 Å². The summed E-state index contributed by atoms with van der Waals surface area (Å²) in [6.07, 6.45) is 1.51. The van der Waals surface area contributed by atoms with E-state index in [1.807, 2.05) is 0 Å². The van der Waals surface area contributed by atoms with Crippen LogP contribution in [0.2, 0.25) is 0 Å². The number of ketones is 1. The Kier molecular flexibility index (Phi) is 3.32. The lowest BCUT2D eigenvalue weighted by atomic mass is 9.99. The van der Waals surface area contributed by atoms with Crippen LogP contribution < -0.4 is 0 Å². The van der Waals surface area contributed by atoms with Crippen LogP contribution in [0.25, 0.3) is 10.9 Å². The van der Waals surface area contributed by atoms with Gasteiger partial charge >= 0.3 is 0 Å². The maximum atomic E-state index is 13.9. The number of fused-ring (bicyclic) bond motifs is 1. The van der Waals surface area contributed by atoms with E-state index >= 15 is 0 Å². The molecule has 3 rings (SSSR count). The number of nitrogens with zero attached hydrogens (tertiary/aromatic N) is 1. The number of halogens is 2. The van der Waals surface area contributed by atoms with E-state index in [9.17, 15) is 9.18 Å². The summed E-state index contributed by atoms with van der Waals surface area (Å²) in [7, 11) is 0. The van der Waals surface area contributed by atoms with Crippen LogP contribution in [0.1, 0.15) is 21.5 Å². The molecule has 0 radical (unpaired) electrons. The van der Waals surface area contributed by atoms with Gasteiger partial charge in [0, 0.05) is 27.1 Å². The number of rotatable bonds is 2. The van der Waals surface area contributed by atoms with Gasteiger partial charge in [0.25, 0.3) is 0 Å². The third-order valence-corrected chi connectivity index (χ3v) is 3.74. The predicted molar refractivity (Wildman–Crippen MR) is 80.5 cm³/mol. The molecule has 1 N–H and O–H groups in total. The average molecular weight is 343 g/mol. The number of H-pyrrole nitrogens is 1. The van der Waals surface area contributed by atoms with Gasteiger partial charge in [-0.2, -0.15) is 5.26 Å². The van der Waals surface area contributed by atoms with Gasteiger partial charge in [0.05, 0.1) is 17.2 Å². The standard InChI is InChI=1S/C16H8BrFN2O/c17-10-4-5-11(13(18)6-10)16(21)12-8-20-14-3-1-2-9(7-19)15(12)14/h1-6,8,20H. The lowest BCUT2D eigenvalue weighted by Gasteiger charge is -2.03. The SMILES string of the molecule is N#Cc1cccc2[nH]cc(C(=O)c3ccc(Br)cc3F)c12. The van der Waals surface area contributed by atoms with Crippen molar-refractivity contribution in [3.05, 3.63) is 69.6 Å². The highest BCUT2D eigenvalue weighted by Gasteiger charge is 2.19. The molecule has 5 heteroatoms. The van der Waals surface area contributed by atoms with Crippen molar-refractivity contribution in [2.24, 2.45) is 0 Å². The normalized spacial score (nSPS) is 10.5. The van der Waals surface area contributed by atoms with Crippen LogP contribution in [-0.2, 0) is 0 Å². The minimum absolute atomic E-state index is 0.0214. The van der Waals surface area contributed by atoms with E-state index in [4.69, 9.17) is 5.26 Å². The van der Waals surface area contributed by atoms with Crippen molar-refractivity contribution >= 4 is 32.6 Å². The fourth-order valence-corrected chi connectivity index (χ4v) is 2.61. The van der Waals surface area contributed by atoms with Gasteiger partial charge in [0.15, 0.2) is 5.78 Å². The van der Waals surface area contributed by atoms with Gasteiger partial charge in [-0.25, -0.2) is 4.39 Å². The summed E-state index contributed by atoms with van der Waals surface area (Å²) in [5.41, 5.74) is 1.33. The summed E-state index contributed by atoms with van der Waals surface area (Å²) < 4.78 is 14.5. The van der Waals surface area contributed by atoms with Gasteiger partial charge in [-0.05, 0) is 30.3 Å². The summed E-state index contributed by atoms with van der Waals surface area (Å²) in [6.45, 7) is 0. The van der Waals surface area contributed by atoms with E-state index in [1.165, 1.54) is 18.3 Å².